The first-order valence-corrected chi connectivity index (χ1v) is 8.70. The van der Waals surface area contributed by atoms with Crippen LogP contribution in [0.15, 0.2) is 0 Å². The van der Waals surface area contributed by atoms with Crippen molar-refractivity contribution in [1.82, 2.24) is 7.83 Å². The second-order valence-electron chi connectivity index (χ2n) is 8.89. The van der Waals surface area contributed by atoms with E-state index < -0.39 is 0 Å². The monoisotopic (exact) mass is 307 g/mol. The molecule has 0 saturated carbocycles. The third-order valence-electron chi connectivity index (χ3n) is 4.97. The van der Waals surface area contributed by atoms with Gasteiger partial charge in [-0.05, 0) is 0 Å². The Kier molecular flexibility index (Phi) is 3.72. The van der Waals surface area contributed by atoms with E-state index in [0.29, 0.717) is 22.2 Å². The van der Waals surface area contributed by atoms with Crippen molar-refractivity contribution in [3.63, 3.8) is 0 Å². The van der Waals surface area contributed by atoms with E-state index in [4.69, 9.17) is 0 Å². The first-order valence-electron chi connectivity index (χ1n) is 7.65. The van der Waals surface area contributed by atoms with Crippen molar-refractivity contribution in [1.29, 1.82) is 0 Å². The summed E-state index contributed by atoms with van der Waals surface area (Å²) in [6.07, 6.45) is 5.29. The summed E-state index contributed by atoms with van der Waals surface area (Å²) in [7, 11) is 0. The van der Waals surface area contributed by atoms with Crippen LogP contribution < -0.4 is 0 Å². The standard InChI is InChI=1S/2C8H16N.Mn/c2*1-7(2)5-6-8(3,4)9-7;/h2*5-6H2,1-4H3;/q2*-1;+2. The van der Waals surface area contributed by atoms with E-state index in [9.17, 15) is 0 Å². The van der Waals surface area contributed by atoms with Crippen LogP contribution in [0.3, 0.4) is 0 Å². The Hall–Kier alpha value is 0.439. The molecule has 113 valence electrons. The van der Waals surface area contributed by atoms with Crippen molar-refractivity contribution in [3.8, 4) is 0 Å². The molecule has 0 bridgehead atoms. The predicted octanol–water partition coefficient (Wildman–Crippen LogP) is 4.20. The summed E-state index contributed by atoms with van der Waals surface area (Å²) in [4.78, 5) is 0. The van der Waals surface area contributed by atoms with Crippen molar-refractivity contribution < 1.29 is 15.4 Å². The maximum atomic E-state index is 2.78. The molecule has 0 aliphatic carbocycles. The van der Waals surface area contributed by atoms with Gasteiger partial charge in [0, 0.05) is 0 Å². The summed E-state index contributed by atoms with van der Waals surface area (Å²) in [6.45, 7) is 19.4. The first kappa shape index (κ1) is 15.8. The van der Waals surface area contributed by atoms with Gasteiger partial charge in [-0.15, -0.1) is 0 Å². The molecule has 0 aromatic heterocycles. The Morgan fingerprint density at radius 3 is 0.947 bits per heavy atom. The number of rotatable bonds is 2. The van der Waals surface area contributed by atoms with Crippen LogP contribution >= 0.6 is 0 Å². The average Bonchev–Trinajstić information content (AvgIpc) is 2.55. The van der Waals surface area contributed by atoms with Crippen LogP contribution in [0, 0.1) is 0 Å². The quantitative estimate of drug-likeness (QED) is 0.705. The van der Waals surface area contributed by atoms with E-state index in [2.05, 4.69) is 63.2 Å². The fourth-order valence-electron chi connectivity index (χ4n) is 3.74. The molecule has 0 radical (unpaired) electrons. The second kappa shape index (κ2) is 4.47. The number of hydrogen-bond acceptors (Lipinski definition) is 2. The van der Waals surface area contributed by atoms with Crippen LogP contribution in [-0.2, 0) is 15.4 Å². The molecule has 2 fully saturated rings. The molecule has 2 rings (SSSR count). The fourth-order valence-corrected chi connectivity index (χ4v) is 5.78. The molecule has 2 heterocycles. The van der Waals surface area contributed by atoms with Gasteiger partial charge < -0.3 is 0 Å². The Morgan fingerprint density at radius 1 is 0.526 bits per heavy atom. The van der Waals surface area contributed by atoms with E-state index in [0.717, 1.165) is 15.4 Å². The summed E-state index contributed by atoms with van der Waals surface area (Å²) < 4.78 is 5.55. The molecular weight excluding hydrogens is 275 g/mol. The Balaban J connectivity index is 2.24. The van der Waals surface area contributed by atoms with Gasteiger partial charge in [0.1, 0.15) is 0 Å². The van der Waals surface area contributed by atoms with Crippen molar-refractivity contribution in [2.45, 2.75) is 103 Å². The van der Waals surface area contributed by atoms with E-state index >= 15 is 0 Å². The summed E-state index contributed by atoms with van der Waals surface area (Å²) >= 11 is 0.774. The molecule has 0 aromatic carbocycles. The molecule has 19 heavy (non-hydrogen) atoms. The van der Waals surface area contributed by atoms with E-state index in [-0.39, 0.29) is 0 Å². The minimum atomic E-state index is 0.345. The molecule has 2 nitrogen and oxygen atoms in total. The van der Waals surface area contributed by atoms with Crippen LogP contribution in [0.2, 0.25) is 0 Å². The van der Waals surface area contributed by atoms with E-state index in [1.54, 1.807) is 0 Å². The average molecular weight is 307 g/mol. The molecule has 0 aromatic rings. The molecule has 0 spiro atoms. The van der Waals surface area contributed by atoms with Crippen LogP contribution in [0.4, 0.5) is 0 Å². The van der Waals surface area contributed by atoms with Crippen molar-refractivity contribution in [2.24, 2.45) is 0 Å². The van der Waals surface area contributed by atoms with Gasteiger partial charge in [-0.1, -0.05) is 0 Å². The van der Waals surface area contributed by atoms with Gasteiger partial charge in [0.15, 0.2) is 0 Å². The SMILES string of the molecule is CC1(C)CCC(C)(C)[N]1[Mn][N]1C(C)(C)CCC1(C)C. The minimum absolute atomic E-state index is 0.345. The van der Waals surface area contributed by atoms with Gasteiger partial charge in [0.2, 0.25) is 0 Å². The van der Waals surface area contributed by atoms with Crippen LogP contribution in [0.25, 0.3) is 0 Å². The van der Waals surface area contributed by atoms with Crippen LogP contribution in [0.5, 0.6) is 0 Å². The molecule has 0 unspecified atom stereocenters. The Morgan fingerprint density at radius 2 is 0.737 bits per heavy atom. The summed E-state index contributed by atoms with van der Waals surface area (Å²) in [5.41, 5.74) is 1.38. The first-order chi connectivity index (χ1) is 8.39. The van der Waals surface area contributed by atoms with E-state index in [1.165, 1.54) is 25.7 Å². The summed E-state index contributed by atoms with van der Waals surface area (Å²) in [5.74, 6) is 0. The normalized spacial score (nSPS) is 32.8. The van der Waals surface area contributed by atoms with Crippen molar-refractivity contribution >= 4 is 0 Å². The Labute approximate surface area is 126 Å². The van der Waals surface area contributed by atoms with Crippen LogP contribution in [0.1, 0.15) is 81.1 Å². The molecule has 0 atom stereocenters. The zero-order valence-corrected chi connectivity index (χ0v) is 15.3. The topological polar surface area (TPSA) is 6.48 Å². The molecule has 0 amide bonds. The van der Waals surface area contributed by atoms with Crippen LogP contribution in [-0.4, -0.2) is 30.0 Å². The number of hydrogen-bond donors (Lipinski definition) is 0. The zero-order chi connectivity index (χ0) is 14.7. The maximum absolute atomic E-state index is 2.78. The Bertz CT molecular complexity index is 292. The second-order valence-corrected chi connectivity index (χ2v) is 10.2. The molecule has 0 N–H and O–H groups in total. The van der Waals surface area contributed by atoms with Gasteiger partial charge in [-0.2, -0.15) is 0 Å². The van der Waals surface area contributed by atoms with Gasteiger partial charge in [-0.25, -0.2) is 0 Å². The number of nitrogens with zero attached hydrogens (tertiary/aromatic N) is 2. The predicted molar refractivity (Wildman–Crippen MR) is 78.5 cm³/mol. The molecule has 2 saturated heterocycles. The molecule has 3 heteroatoms. The molecular formula is C16H32MnN2. The summed E-state index contributed by atoms with van der Waals surface area (Å²) in [5, 5.41) is 0. The molecule has 2 aliphatic rings. The van der Waals surface area contributed by atoms with Crippen molar-refractivity contribution in [3.05, 3.63) is 0 Å². The van der Waals surface area contributed by atoms with Crippen molar-refractivity contribution in [2.75, 3.05) is 0 Å². The van der Waals surface area contributed by atoms with E-state index in [1.807, 2.05) is 0 Å². The zero-order valence-electron chi connectivity index (χ0n) is 14.1. The summed E-state index contributed by atoms with van der Waals surface area (Å²) in [6, 6.07) is 0. The van der Waals surface area contributed by atoms with Gasteiger partial charge in [0.05, 0.1) is 0 Å². The third-order valence-corrected chi connectivity index (χ3v) is 8.30. The molecule has 2 aliphatic heterocycles. The third kappa shape index (κ3) is 2.77. The van der Waals surface area contributed by atoms with Gasteiger partial charge in [0.25, 0.3) is 0 Å². The van der Waals surface area contributed by atoms with Gasteiger partial charge >= 0.3 is 126 Å². The van der Waals surface area contributed by atoms with Gasteiger partial charge in [-0.3, -0.25) is 0 Å². The fraction of sp³-hybridized carbons (Fsp3) is 1.00.